The molecule has 23 heavy (non-hydrogen) atoms. The van der Waals surface area contributed by atoms with Crippen molar-refractivity contribution in [3.05, 3.63) is 12.2 Å². The minimum atomic E-state index is -6.39. The van der Waals surface area contributed by atoms with Crippen LogP contribution in [0.1, 0.15) is 6.92 Å². The molecule has 8 nitrogen and oxygen atoms in total. The highest BCUT2D eigenvalue weighted by molar-refractivity contribution is 8.02. The molecule has 0 atom stereocenters. The van der Waals surface area contributed by atoms with Crippen molar-refractivity contribution in [1.82, 2.24) is 4.13 Å². The third kappa shape index (κ3) is 7.67. The summed E-state index contributed by atoms with van der Waals surface area (Å²) >= 11 is 0. The molecule has 0 rings (SSSR count). The Hall–Kier alpha value is -1.32. The van der Waals surface area contributed by atoms with Crippen molar-refractivity contribution in [3.63, 3.8) is 0 Å². The van der Waals surface area contributed by atoms with Crippen LogP contribution >= 0.6 is 0 Å². The number of hydrogen-bond acceptors (Lipinski definition) is 7. The zero-order valence-corrected chi connectivity index (χ0v) is 12.8. The predicted molar refractivity (Wildman–Crippen MR) is 63.7 cm³/mol. The fraction of sp³-hybridized carbons (Fsp3) is 0.625. The van der Waals surface area contributed by atoms with E-state index in [1.807, 2.05) is 0 Å². The van der Waals surface area contributed by atoms with E-state index in [4.69, 9.17) is 0 Å². The summed E-state index contributed by atoms with van der Waals surface area (Å²) in [5, 5.41) is 0. The van der Waals surface area contributed by atoms with Gasteiger partial charge in [-0.1, -0.05) is 10.7 Å². The lowest BCUT2D eigenvalue weighted by atomic mass is 10.4. The molecule has 0 fully saturated rings. The van der Waals surface area contributed by atoms with Crippen LogP contribution in [0.4, 0.5) is 22.0 Å². The molecule has 0 aromatic heterocycles. The number of alkyl halides is 5. The SMILES string of the molecule is C=C(C)C(=O)OCCS(=O)(=O)NS(=O)(=O)OC(F)(F)C(F)(F)F. The monoisotopic (exact) mass is 391 g/mol. The van der Waals surface area contributed by atoms with Crippen molar-refractivity contribution in [2.24, 2.45) is 0 Å². The van der Waals surface area contributed by atoms with Gasteiger partial charge >= 0.3 is 28.6 Å². The van der Waals surface area contributed by atoms with Crippen LogP contribution in [0.15, 0.2) is 12.2 Å². The lowest BCUT2D eigenvalue weighted by Gasteiger charge is -2.18. The van der Waals surface area contributed by atoms with Gasteiger partial charge in [-0.05, 0) is 6.92 Å². The smallest absolute Gasteiger partial charge is 0.461 e. The number of halogens is 5. The Balaban J connectivity index is 4.83. The molecule has 0 unspecified atom stereocenters. The van der Waals surface area contributed by atoms with Gasteiger partial charge in [0.2, 0.25) is 10.0 Å². The van der Waals surface area contributed by atoms with E-state index >= 15 is 0 Å². The topological polar surface area (TPSA) is 116 Å². The Bertz CT molecular complexity index is 667. The summed E-state index contributed by atoms with van der Waals surface area (Å²) in [7, 11) is -11.0. The van der Waals surface area contributed by atoms with Crippen molar-refractivity contribution >= 4 is 26.3 Å². The van der Waals surface area contributed by atoms with E-state index in [0.29, 0.717) is 4.13 Å². The Morgan fingerprint density at radius 2 is 1.61 bits per heavy atom. The maximum Gasteiger partial charge on any atom is 0.484 e. The molecule has 0 amide bonds. The highest BCUT2D eigenvalue weighted by Crippen LogP contribution is 2.37. The first-order chi connectivity index (χ1) is 9.99. The molecule has 15 heteroatoms. The minimum Gasteiger partial charge on any atom is -0.461 e. The van der Waals surface area contributed by atoms with Crippen LogP contribution in [0, 0.1) is 0 Å². The van der Waals surface area contributed by atoms with E-state index in [-0.39, 0.29) is 5.57 Å². The van der Waals surface area contributed by atoms with Crippen LogP contribution < -0.4 is 4.13 Å². The van der Waals surface area contributed by atoms with E-state index in [1.165, 1.54) is 6.92 Å². The van der Waals surface area contributed by atoms with Crippen molar-refractivity contribution in [2.75, 3.05) is 12.4 Å². The van der Waals surface area contributed by atoms with Gasteiger partial charge in [-0.15, -0.1) is 0 Å². The lowest BCUT2D eigenvalue weighted by molar-refractivity contribution is -0.359. The van der Waals surface area contributed by atoms with Crippen molar-refractivity contribution in [3.8, 4) is 0 Å². The van der Waals surface area contributed by atoms with Gasteiger partial charge < -0.3 is 4.74 Å². The van der Waals surface area contributed by atoms with Crippen LogP contribution in [0.2, 0.25) is 0 Å². The molecule has 1 N–H and O–H groups in total. The lowest BCUT2D eigenvalue weighted by Crippen LogP contribution is -2.45. The van der Waals surface area contributed by atoms with Gasteiger partial charge in [-0.2, -0.15) is 34.6 Å². The highest BCUT2D eigenvalue weighted by atomic mass is 32.3. The van der Waals surface area contributed by atoms with Crippen molar-refractivity contribution < 1.29 is 52.5 Å². The number of rotatable bonds is 8. The van der Waals surface area contributed by atoms with E-state index in [0.717, 1.165) is 0 Å². The normalized spacial score (nSPS) is 13.7. The Morgan fingerprint density at radius 3 is 2.00 bits per heavy atom. The molecular formula is C8H10F5NO7S2. The number of ether oxygens (including phenoxy) is 1. The van der Waals surface area contributed by atoms with Gasteiger partial charge in [0, 0.05) is 5.57 Å². The Kier molecular flexibility index (Phi) is 6.66. The summed E-state index contributed by atoms with van der Waals surface area (Å²) in [6.07, 6.45) is -12.5. The summed E-state index contributed by atoms with van der Waals surface area (Å²) in [5.74, 6) is -2.27. The molecule has 0 aliphatic rings. The predicted octanol–water partition coefficient (Wildman–Crippen LogP) is 0.442. The summed E-state index contributed by atoms with van der Waals surface area (Å²) in [6, 6.07) is 0. The van der Waals surface area contributed by atoms with Crippen LogP contribution in [-0.2, 0) is 34.0 Å². The zero-order valence-electron chi connectivity index (χ0n) is 11.2. The van der Waals surface area contributed by atoms with Crippen LogP contribution in [0.3, 0.4) is 0 Å². The summed E-state index contributed by atoms with van der Waals surface area (Å²) in [6.45, 7) is 3.45. The second-order valence-corrected chi connectivity index (χ2v) is 7.25. The molecule has 0 spiro atoms. The second-order valence-electron chi connectivity index (χ2n) is 3.87. The van der Waals surface area contributed by atoms with Crippen molar-refractivity contribution in [1.29, 1.82) is 0 Å². The van der Waals surface area contributed by atoms with Gasteiger partial charge in [-0.3, -0.25) is 0 Å². The highest BCUT2D eigenvalue weighted by Gasteiger charge is 2.62. The van der Waals surface area contributed by atoms with E-state index < -0.39 is 50.9 Å². The number of esters is 1. The van der Waals surface area contributed by atoms with Gasteiger partial charge in [-0.25, -0.2) is 13.2 Å². The third-order valence-electron chi connectivity index (χ3n) is 1.71. The molecule has 0 bridgehead atoms. The van der Waals surface area contributed by atoms with Gasteiger partial charge in [0.05, 0.1) is 5.75 Å². The molecule has 0 saturated heterocycles. The second kappa shape index (κ2) is 7.06. The van der Waals surface area contributed by atoms with Crippen LogP contribution in [0.25, 0.3) is 0 Å². The molecule has 0 aliphatic heterocycles. The number of hydrogen-bond donors (Lipinski definition) is 1. The van der Waals surface area contributed by atoms with Gasteiger partial charge in [0.15, 0.2) is 0 Å². The summed E-state index contributed by atoms with van der Waals surface area (Å²) < 4.78 is 112. The molecule has 0 saturated carbocycles. The quantitative estimate of drug-likeness (QED) is 0.363. The summed E-state index contributed by atoms with van der Waals surface area (Å²) in [5.41, 5.74) is -0.115. The molecule has 0 aromatic carbocycles. The first-order valence-electron chi connectivity index (χ1n) is 5.23. The molecular weight excluding hydrogens is 381 g/mol. The third-order valence-corrected chi connectivity index (χ3v) is 4.67. The van der Waals surface area contributed by atoms with Crippen molar-refractivity contribution in [2.45, 2.75) is 19.2 Å². The van der Waals surface area contributed by atoms with Crippen LogP contribution in [-0.4, -0.2) is 47.4 Å². The Morgan fingerprint density at radius 1 is 1.13 bits per heavy atom. The molecule has 0 aromatic rings. The van der Waals surface area contributed by atoms with Gasteiger partial charge in [0.1, 0.15) is 6.61 Å². The average molecular weight is 391 g/mol. The fourth-order valence-electron chi connectivity index (χ4n) is 0.766. The Labute approximate surface area is 127 Å². The number of carbonyl (C=O) groups is 1. The molecule has 0 aliphatic carbocycles. The molecule has 0 radical (unpaired) electrons. The average Bonchev–Trinajstić information content (AvgIpc) is 2.22. The first-order valence-corrected chi connectivity index (χ1v) is 8.29. The van der Waals surface area contributed by atoms with E-state index in [1.54, 1.807) is 0 Å². The fourth-order valence-corrected chi connectivity index (χ4v) is 3.15. The zero-order chi connectivity index (χ0) is 18.7. The molecule has 0 heterocycles. The largest absolute Gasteiger partial charge is 0.484 e. The van der Waals surface area contributed by atoms with Crippen LogP contribution in [0.5, 0.6) is 0 Å². The molecule has 136 valence electrons. The maximum atomic E-state index is 12.4. The minimum absolute atomic E-state index is 0.115. The number of carbonyl (C=O) groups excluding carboxylic acids is 1. The van der Waals surface area contributed by atoms with E-state index in [2.05, 4.69) is 15.5 Å². The van der Waals surface area contributed by atoms with E-state index in [9.17, 15) is 43.6 Å². The maximum absolute atomic E-state index is 12.4. The van der Waals surface area contributed by atoms with Gasteiger partial charge in [0.25, 0.3) is 0 Å². The standard InChI is InChI=1S/C8H10F5NO7S2/c1-5(2)6(15)20-3-4-22(16,17)14-23(18,19)21-8(12,13)7(9,10)11/h14H,1,3-4H2,2H3. The summed E-state index contributed by atoms with van der Waals surface area (Å²) in [4.78, 5) is 10.9. The number of sulfonamides is 1. The number of nitrogens with one attached hydrogen (secondary N) is 1. The first kappa shape index (κ1) is 21.7.